The van der Waals surface area contributed by atoms with E-state index in [9.17, 15) is 24.3 Å². The number of phosphoric acid groups is 1. The molecule has 8 N–H and O–H groups in total. The molecule has 3 aromatic rings. The quantitative estimate of drug-likeness (QED) is 0.0966. The van der Waals surface area contributed by atoms with Crippen molar-refractivity contribution in [3.05, 3.63) is 52.1 Å². The summed E-state index contributed by atoms with van der Waals surface area (Å²) in [6, 6.07) is 4.78. The minimum Gasteiger partial charge on any atom is -0.756 e. The standard InChI is InChI=1S/C19H19N7O6.Ca.H3O4P/c20-19-25-15-14(17(30)26-19)23-11(8-22-15)7-21-10-3-1-9(2-4-10)16(29)24-12(18(31)32)5-6-13(27)28;;1-5(2,3)4/h1-4,8,12,21H,5-7H2,(H,24,29)(H,27,28)(H,31,32)(H3,20,22,25,26,30);;(H3,1,2,3,4)/q;+2;/p-2/t12-;;/m0../s1. The van der Waals surface area contributed by atoms with E-state index in [1.807, 2.05) is 0 Å². The van der Waals surface area contributed by atoms with Gasteiger partial charge in [0.2, 0.25) is 5.95 Å². The van der Waals surface area contributed by atoms with Crippen LogP contribution in [0.15, 0.2) is 35.3 Å². The van der Waals surface area contributed by atoms with Gasteiger partial charge >= 0.3 is 43.7 Å². The number of nitrogens with one attached hydrogen (secondary N) is 3. The topological polar surface area (TPSA) is 297 Å². The fourth-order valence-corrected chi connectivity index (χ4v) is 2.75. The molecule has 0 bridgehead atoms. The average Bonchev–Trinajstić information content (AvgIpc) is 2.79. The van der Waals surface area contributed by atoms with Gasteiger partial charge in [-0.15, -0.1) is 0 Å². The Morgan fingerprint density at radius 2 is 1.76 bits per heavy atom. The van der Waals surface area contributed by atoms with Crippen molar-refractivity contribution in [1.82, 2.24) is 25.3 Å². The molecule has 0 aliphatic rings. The molecule has 0 spiro atoms. The van der Waals surface area contributed by atoms with E-state index in [1.54, 1.807) is 12.1 Å². The molecule has 2 heterocycles. The number of hydrogen-bond donors (Lipinski definition) is 7. The molecule has 17 nitrogen and oxygen atoms in total. The van der Waals surface area contributed by atoms with E-state index < -0.39 is 43.7 Å². The summed E-state index contributed by atoms with van der Waals surface area (Å²) in [7, 11) is -4.89. The third-order valence-corrected chi connectivity index (χ3v) is 4.35. The maximum atomic E-state index is 12.3. The number of anilines is 2. The van der Waals surface area contributed by atoms with Gasteiger partial charge in [0.15, 0.2) is 11.2 Å². The van der Waals surface area contributed by atoms with E-state index in [0.29, 0.717) is 11.4 Å². The monoisotopic (exact) mass is 577 g/mol. The van der Waals surface area contributed by atoms with E-state index in [0.717, 1.165) is 0 Å². The first-order chi connectivity index (χ1) is 17.2. The number of rotatable bonds is 9. The van der Waals surface area contributed by atoms with Crippen molar-refractivity contribution in [2.45, 2.75) is 25.4 Å². The molecule has 0 aliphatic carbocycles. The van der Waals surface area contributed by atoms with Gasteiger partial charge in [-0.3, -0.25) is 19.1 Å². The number of fused-ring (bicyclic) bond motifs is 1. The van der Waals surface area contributed by atoms with Crippen molar-refractivity contribution in [3.63, 3.8) is 0 Å². The molecule has 0 radical (unpaired) electrons. The van der Waals surface area contributed by atoms with Crippen molar-refractivity contribution >= 4 is 86.2 Å². The van der Waals surface area contributed by atoms with Crippen LogP contribution in [0, 0.1) is 0 Å². The summed E-state index contributed by atoms with van der Waals surface area (Å²) in [6.07, 6.45) is 0.662. The molecule has 0 saturated carbocycles. The Morgan fingerprint density at radius 3 is 2.32 bits per heavy atom. The number of amides is 1. The minimum absolute atomic E-state index is 0. The molecule has 38 heavy (non-hydrogen) atoms. The van der Waals surface area contributed by atoms with Crippen LogP contribution in [-0.4, -0.2) is 96.5 Å². The van der Waals surface area contributed by atoms with E-state index in [-0.39, 0.29) is 73.4 Å². The van der Waals surface area contributed by atoms with Gasteiger partial charge in [-0.1, -0.05) is 0 Å². The molecule has 1 aromatic carbocycles. The molecule has 3 rings (SSSR count). The predicted molar refractivity (Wildman–Crippen MR) is 127 cm³/mol. The van der Waals surface area contributed by atoms with Gasteiger partial charge in [0.25, 0.3) is 19.3 Å². The Morgan fingerprint density at radius 1 is 1.16 bits per heavy atom. The number of H-pyrrole nitrogens is 1. The van der Waals surface area contributed by atoms with Gasteiger partial charge in [-0.2, -0.15) is 4.98 Å². The Labute approximate surface area is 242 Å². The van der Waals surface area contributed by atoms with Crippen molar-refractivity contribution < 1.29 is 43.8 Å². The van der Waals surface area contributed by atoms with E-state index in [2.05, 4.69) is 30.6 Å². The summed E-state index contributed by atoms with van der Waals surface area (Å²) in [5.41, 5.74) is 6.43. The van der Waals surface area contributed by atoms with Crippen molar-refractivity contribution in [2.24, 2.45) is 0 Å². The van der Waals surface area contributed by atoms with Crippen LogP contribution in [0.1, 0.15) is 28.9 Å². The second-order valence-corrected chi connectivity index (χ2v) is 8.16. The second kappa shape index (κ2) is 14.7. The largest absolute Gasteiger partial charge is 2.00 e. The third-order valence-electron chi connectivity index (χ3n) is 4.35. The molecule has 2 aromatic heterocycles. The number of hydrogen-bond acceptors (Lipinski definition) is 12. The number of carbonyl (C=O) groups is 3. The van der Waals surface area contributed by atoms with Gasteiger partial charge in [0.05, 0.1) is 18.4 Å². The normalized spacial score (nSPS) is 11.3. The first-order valence-electron chi connectivity index (χ1n) is 10.1. The molecule has 0 saturated heterocycles. The zero-order valence-corrected chi connectivity index (χ0v) is 22.5. The van der Waals surface area contributed by atoms with Crippen LogP contribution in [0.25, 0.3) is 11.2 Å². The van der Waals surface area contributed by atoms with Crippen LogP contribution < -0.4 is 31.9 Å². The number of carboxylic acid groups (broad SMARTS) is 2. The fourth-order valence-electron chi connectivity index (χ4n) is 2.75. The number of carbonyl (C=O) groups excluding carboxylic acids is 2. The summed E-state index contributed by atoms with van der Waals surface area (Å²) in [5.74, 6) is -3.46. The van der Waals surface area contributed by atoms with Crippen LogP contribution in [-0.2, 0) is 20.7 Å². The van der Waals surface area contributed by atoms with Gasteiger partial charge in [0, 0.05) is 17.2 Å². The van der Waals surface area contributed by atoms with Crippen LogP contribution in [0.5, 0.6) is 0 Å². The number of benzene rings is 1. The molecular formula is C19H20CaN7O10P. The minimum atomic E-state index is -4.89. The van der Waals surface area contributed by atoms with Crippen molar-refractivity contribution in [1.29, 1.82) is 0 Å². The molecule has 0 fully saturated rings. The first-order valence-corrected chi connectivity index (χ1v) is 11.6. The number of aliphatic carboxylic acids is 2. The smallest absolute Gasteiger partial charge is 0.756 e. The molecular weight excluding hydrogens is 557 g/mol. The maximum absolute atomic E-state index is 12.3. The summed E-state index contributed by atoms with van der Waals surface area (Å²) in [5, 5.41) is 25.0. The van der Waals surface area contributed by atoms with Crippen molar-refractivity contribution in [3.8, 4) is 0 Å². The van der Waals surface area contributed by atoms with Crippen LogP contribution in [0.2, 0.25) is 0 Å². The van der Waals surface area contributed by atoms with Gasteiger partial charge in [0.1, 0.15) is 6.04 Å². The van der Waals surface area contributed by atoms with E-state index in [1.165, 1.54) is 18.3 Å². The Bertz CT molecular complexity index is 1390. The summed E-state index contributed by atoms with van der Waals surface area (Å²) in [6.45, 7) is 0.225. The van der Waals surface area contributed by atoms with E-state index in [4.69, 9.17) is 30.1 Å². The predicted octanol–water partition coefficient (Wildman–Crippen LogP) is -3.32. The molecule has 1 atom stereocenters. The number of aromatic nitrogens is 4. The van der Waals surface area contributed by atoms with Crippen LogP contribution in [0.3, 0.4) is 0 Å². The second-order valence-electron chi connectivity index (χ2n) is 7.18. The SMILES string of the molecule is Nc1nc2ncc(CNc3ccc(C(=O)N[C@@H](CCC(=O)[O-])C(=O)O)cc3)nc2c(=O)[nH]1.O=P([O-])(O)O.[Ca+2]. The molecule has 19 heteroatoms. The zero-order valence-electron chi connectivity index (χ0n) is 19.4. The summed E-state index contributed by atoms with van der Waals surface area (Å²) < 4.78 is 8.77. The molecule has 198 valence electrons. The number of nitrogens with two attached hydrogens (primary N) is 1. The average molecular weight is 577 g/mol. The zero-order chi connectivity index (χ0) is 27.8. The van der Waals surface area contributed by atoms with Crippen molar-refractivity contribution in [2.75, 3.05) is 11.1 Å². The van der Waals surface area contributed by atoms with Gasteiger partial charge < -0.3 is 46.1 Å². The third kappa shape index (κ3) is 11.5. The molecule has 0 unspecified atom stereocenters. The Balaban J connectivity index is 0.00000110. The fraction of sp³-hybridized carbons (Fsp3) is 0.211. The number of aromatic amines is 1. The molecule has 1 amide bonds. The van der Waals surface area contributed by atoms with E-state index >= 15 is 0 Å². The summed E-state index contributed by atoms with van der Waals surface area (Å²) in [4.78, 5) is 83.3. The van der Waals surface area contributed by atoms with Gasteiger partial charge in [-0.25, -0.2) is 14.8 Å². The Hall–Kier alpha value is -3.18. The Kier molecular flexibility index (Phi) is 12.7. The number of carboxylic acids is 2. The maximum Gasteiger partial charge on any atom is 2.00 e. The first kappa shape index (κ1) is 32.8. The molecule has 0 aliphatic heterocycles. The van der Waals surface area contributed by atoms with Gasteiger partial charge in [-0.05, 0) is 37.1 Å². The van der Waals surface area contributed by atoms with Crippen LogP contribution >= 0.6 is 7.82 Å². The summed E-state index contributed by atoms with van der Waals surface area (Å²) >= 11 is 0. The number of nitrogens with zero attached hydrogens (tertiary/aromatic N) is 3. The number of nitrogen functional groups attached to an aromatic ring is 1. The van der Waals surface area contributed by atoms with Crippen LogP contribution in [0.4, 0.5) is 11.6 Å².